The number of carbonyl (C=O) groups excluding carboxylic acids is 1. The maximum Gasteiger partial charge on any atom is 0.335 e. The molecule has 1 aromatic rings. The van der Waals surface area contributed by atoms with E-state index in [0.29, 0.717) is 10.0 Å². The van der Waals surface area contributed by atoms with Gasteiger partial charge in [0, 0.05) is 11.5 Å². The molecule has 7 heteroatoms. The van der Waals surface area contributed by atoms with Crippen LogP contribution in [0.1, 0.15) is 11.6 Å². The Hall–Kier alpha value is -1.47. The van der Waals surface area contributed by atoms with Gasteiger partial charge in [0.05, 0.1) is 6.04 Å². The fraction of sp³-hybridized carbons (Fsp3) is 0.333. The highest BCUT2D eigenvalue weighted by Crippen LogP contribution is 2.34. The third-order valence-corrected chi connectivity index (χ3v) is 3.70. The zero-order valence-electron chi connectivity index (χ0n) is 9.97. The molecule has 19 heavy (non-hydrogen) atoms. The van der Waals surface area contributed by atoms with E-state index in [1.165, 1.54) is 30.1 Å². The van der Waals surface area contributed by atoms with Crippen LogP contribution >= 0.6 is 15.9 Å². The zero-order valence-corrected chi connectivity index (χ0v) is 11.6. The van der Waals surface area contributed by atoms with Crippen molar-refractivity contribution in [3.05, 3.63) is 34.1 Å². The minimum absolute atomic E-state index is 0.275. The van der Waals surface area contributed by atoms with E-state index in [4.69, 9.17) is 9.84 Å². The molecule has 0 saturated carbocycles. The third kappa shape index (κ3) is 2.62. The quantitative estimate of drug-likeness (QED) is 0.893. The van der Waals surface area contributed by atoms with E-state index < -0.39 is 23.9 Å². The predicted octanol–water partition coefficient (Wildman–Crippen LogP) is 1.57. The van der Waals surface area contributed by atoms with Gasteiger partial charge in [-0.2, -0.15) is 0 Å². The lowest BCUT2D eigenvalue weighted by Crippen LogP contribution is -2.50. The van der Waals surface area contributed by atoms with Gasteiger partial charge in [-0.05, 0) is 17.7 Å². The Labute approximate surface area is 117 Å². The number of aliphatic carboxylic acids is 1. The molecule has 1 N–H and O–H groups in total. The summed E-state index contributed by atoms with van der Waals surface area (Å²) in [5, 5.41) is 9.17. The number of likely N-dealkylation sites (N-methyl/N-ethyl adjacent to an activating group) is 1. The van der Waals surface area contributed by atoms with E-state index in [2.05, 4.69) is 15.9 Å². The van der Waals surface area contributed by atoms with Crippen molar-refractivity contribution in [2.45, 2.75) is 12.1 Å². The monoisotopic (exact) mass is 331 g/mol. The van der Waals surface area contributed by atoms with Crippen molar-refractivity contribution >= 4 is 27.8 Å². The van der Waals surface area contributed by atoms with Crippen LogP contribution in [0.4, 0.5) is 4.39 Å². The van der Waals surface area contributed by atoms with E-state index >= 15 is 0 Å². The second kappa shape index (κ2) is 5.26. The molecule has 102 valence electrons. The number of hydrogen-bond donors (Lipinski definition) is 1. The van der Waals surface area contributed by atoms with Gasteiger partial charge in [-0.1, -0.05) is 22.0 Å². The van der Waals surface area contributed by atoms with Crippen molar-refractivity contribution in [3.63, 3.8) is 0 Å². The molecule has 1 aromatic carbocycles. The number of ether oxygens (including phenoxy) is 1. The largest absolute Gasteiger partial charge is 0.479 e. The highest BCUT2D eigenvalue weighted by atomic mass is 79.9. The number of morpholine rings is 1. The molecule has 2 rings (SSSR count). The van der Waals surface area contributed by atoms with Crippen molar-refractivity contribution < 1.29 is 23.8 Å². The van der Waals surface area contributed by atoms with Gasteiger partial charge >= 0.3 is 5.97 Å². The zero-order chi connectivity index (χ0) is 14.2. The second-order valence-corrected chi connectivity index (χ2v) is 5.04. The van der Waals surface area contributed by atoms with Crippen LogP contribution in [-0.2, 0) is 14.3 Å². The van der Waals surface area contributed by atoms with Crippen LogP contribution in [-0.4, -0.2) is 41.6 Å². The Bertz CT molecular complexity index is 536. The number of hydrogen-bond acceptors (Lipinski definition) is 3. The van der Waals surface area contributed by atoms with E-state index in [0.717, 1.165) is 0 Å². The van der Waals surface area contributed by atoms with Gasteiger partial charge in [-0.15, -0.1) is 0 Å². The molecule has 2 unspecified atom stereocenters. The van der Waals surface area contributed by atoms with Crippen LogP contribution < -0.4 is 0 Å². The van der Waals surface area contributed by atoms with Gasteiger partial charge in [-0.3, -0.25) is 4.79 Å². The summed E-state index contributed by atoms with van der Waals surface area (Å²) >= 11 is 3.18. The lowest BCUT2D eigenvalue weighted by molar-refractivity contribution is -0.171. The average Bonchev–Trinajstić information content (AvgIpc) is 2.33. The average molecular weight is 332 g/mol. The lowest BCUT2D eigenvalue weighted by Gasteiger charge is -2.37. The number of carboxylic acid groups (broad SMARTS) is 1. The third-order valence-electron chi connectivity index (χ3n) is 3.01. The van der Waals surface area contributed by atoms with Crippen molar-refractivity contribution in [2.75, 3.05) is 13.7 Å². The fourth-order valence-corrected chi connectivity index (χ4v) is 2.62. The fourth-order valence-electron chi connectivity index (χ4n) is 2.03. The van der Waals surface area contributed by atoms with Gasteiger partial charge in [-0.25, -0.2) is 9.18 Å². The standard InChI is InChI=1S/C12H11BrFNO4/c1-15-9(16)5-19-11(12(17)18)10(15)7-3-2-6(14)4-8(7)13/h2-4,10-11H,5H2,1H3,(H,17,18). The first-order valence-corrected chi connectivity index (χ1v) is 6.26. The molecule has 0 aliphatic carbocycles. The lowest BCUT2D eigenvalue weighted by atomic mass is 9.98. The summed E-state index contributed by atoms with van der Waals surface area (Å²) < 4.78 is 18.6. The Balaban J connectivity index is 2.46. The van der Waals surface area contributed by atoms with E-state index in [1.807, 2.05) is 0 Å². The molecule has 0 bridgehead atoms. The molecule has 0 spiro atoms. The second-order valence-electron chi connectivity index (χ2n) is 4.19. The number of benzene rings is 1. The number of carboxylic acids is 1. The summed E-state index contributed by atoms with van der Waals surface area (Å²) in [6.45, 7) is -0.275. The number of amides is 1. The normalized spacial score (nSPS) is 23.5. The molecule has 0 radical (unpaired) electrons. The highest BCUT2D eigenvalue weighted by Gasteiger charge is 2.40. The molecular formula is C12H11BrFNO4. The molecule has 5 nitrogen and oxygen atoms in total. The Morgan fingerprint density at radius 2 is 2.26 bits per heavy atom. The Morgan fingerprint density at radius 1 is 1.58 bits per heavy atom. The van der Waals surface area contributed by atoms with Gasteiger partial charge in [0.25, 0.3) is 0 Å². The molecule has 0 aromatic heterocycles. The summed E-state index contributed by atoms with van der Waals surface area (Å²) in [6.07, 6.45) is -1.18. The summed E-state index contributed by atoms with van der Waals surface area (Å²) in [5.74, 6) is -1.94. The first-order chi connectivity index (χ1) is 8.91. The molecular weight excluding hydrogens is 321 g/mol. The van der Waals surface area contributed by atoms with E-state index in [9.17, 15) is 14.0 Å². The summed E-state index contributed by atoms with van der Waals surface area (Å²) in [4.78, 5) is 24.2. The smallest absolute Gasteiger partial charge is 0.335 e. The van der Waals surface area contributed by atoms with Crippen LogP contribution in [0.3, 0.4) is 0 Å². The van der Waals surface area contributed by atoms with Crippen molar-refractivity contribution in [1.29, 1.82) is 0 Å². The number of nitrogens with zero attached hydrogens (tertiary/aromatic N) is 1. The van der Waals surface area contributed by atoms with Crippen molar-refractivity contribution in [3.8, 4) is 0 Å². The van der Waals surface area contributed by atoms with Gasteiger partial charge in [0.2, 0.25) is 5.91 Å². The first-order valence-electron chi connectivity index (χ1n) is 5.47. The highest BCUT2D eigenvalue weighted by molar-refractivity contribution is 9.10. The minimum Gasteiger partial charge on any atom is -0.479 e. The summed E-state index contributed by atoms with van der Waals surface area (Å²) in [7, 11) is 1.50. The number of halogens is 2. The maximum atomic E-state index is 13.1. The molecule has 1 aliphatic rings. The summed E-state index contributed by atoms with van der Waals surface area (Å²) in [5.41, 5.74) is 0.490. The minimum atomic E-state index is -1.18. The molecule has 1 aliphatic heterocycles. The van der Waals surface area contributed by atoms with Gasteiger partial charge in [0.15, 0.2) is 6.10 Å². The van der Waals surface area contributed by atoms with Crippen molar-refractivity contribution in [1.82, 2.24) is 4.90 Å². The molecule has 2 atom stereocenters. The van der Waals surface area contributed by atoms with E-state index in [-0.39, 0.29) is 12.5 Å². The molecule has 1 saturated heterocycles. The van der Waals surface area contributed by atoms with Crippen LogP contribution in [0.2, 0.25) is 0 Å². The Morgan fingerprint density at radius 3 is 2.84 bits per heavy atom. The Kier molecular flexibility index (Phi) is 3.86. The van der Waals surface area contributed by atoms with Crippen LogP contribution in [0, 0.1) is 5.82 Å². The number of rotatable bonds is 2. The predicted molar refractivity (Wildman–Crippen MR) is 67.0 cm³/mol. The van der Waals surface area contributed by atoms with Gasteiger partial charge < -0.3 is 14.7 Å². The van der Waals surface area contributed by atoms with Crippen LogP contribution in [0.25, 0.3) is 0 Å². The van der Waals surface area contributed by atoms with Crippen molar-refractivity contribution in [2.24, 2.45) is 0 Å². The van der Waals surface area contributed by atoms with Gasteiger partial charge in [0.1, 0.15) is 12.4 Å². The van der Waals surface area contributed by atoms with Crippen LogP contribution in [0.15, 0.2) is 22.7 Å². The molecule has 1 heterocycles. The number of carbonyl (C=O) groups is 2. The van der Waals surface area contributed by atoms with Crippen LogP contribution in [0.5, 0.6) is 0 Å². The van der Waals surface area contributed by atoms with E-state index in [1.54, 1.807) is 0 Å². The topological polar surface area (TPSA) is 66.8 Å². The SMILES string of the molecule is CN1C(=O)COC(C(=O)O)C1c1ccc(F)cc1Br. The molecule has 1 amide bonds. The maximum absolute atomic E-state index is 13.1. The molecule has 1 fully saturated rings. The summed E-state index contributed by atoms with van der Waals surface area (Å²) in [6, 6.07) is 3.08. The first kappa shape index (κ1) is 14.0.